The minimum Gasteiger partial charge on any atom is -0.305 e. The van der Waals surface area contributed by atoms with Crippen LogP contribution in [0.25, 0.3) is 0 Å². The Hall–Kier alpha value is 0.270. The summed E-state index contributed by atoms with van der Waals surface area (Å²) in [6, 6.07) is 0.905. The van der Waals surface area contributed by atoms with Gasteiger partial charge in [0.1, 0.15) is 0 Å². The van der Waals surface area contributed by atoms with E-state index in [9.17, 15) is 0 Å². The average molecular weight is 214 g/mol. The molecule has 2 rings (SSSR count). The summed E-state index contributed by atoms with van der Waals surface area (Å²) >= 11 is 2.13. The lowest BCUT2D eigenvalue weighted by Gasteiger charge is -2.33. The molecule has 0 N–H and O–H groups in total. The van der Waals surface area contributed by atoms with Crippen LogP contribution >= 0.6 is 11.8 Å². The molecule has 0 aromatic rings. The van der Waals surface area contributed by atoms with Gasteiger partial charge in [-0.3, -0.25) is 4.90 Å². The quantitative estimate of drug-likeness (QED) is 0.653. The molecule has 3 heteroatoms. The van der Waals surface area contributed by atoms with E-state index < -0.39 is 0 Å². The lowest BCUT2D eigenvalue weighted by molar-refractivity contribution is 0.191. The molecule has 0 bridgehead atoms. The first-order valence-corrected chi connectivity index (χ1v) is 7.02. The Bertz CT molecular complexity index is 169. The standard InChI is InChI=1S/C11H22N2S/c1-12-5-2-6-13(8-7-12)11-3-9-14-10-4-11/h11H,2-10H2,1H3. The second-order valence-electron chi connectivity index (χ2n) is 4.54. The summed E-state index contributed by atoms with van der Waals surface area (Å²) in [6.07, 6.45) is 4.21. The van der Waals surface area contributed by atoms with E-state index in [0.717, 1.165) is 6.04 Å². The van der Waals surface area contributed by atoms with Crippen LogP contribution in [0.3, 0.4) is 0 Å². The monoisotopic (exact) mass is 214 g/mol. The highest BCUT2D eigenvalue weighted by atomic mass is 32.2. The van der Waals surface area contributed by atoms with Gasteiger partial charge in [0.05, 0.1) is 0 Å². The maximum atomic E-state index is 2.74. The summed E-state index contributed by atoms with van der Waals surface area (Å²) in [7, 11) is 2.25. The van der Waals surface area contributed by atoms with Gasteiger partial charge in [0.25, 0.3) is 0 Å². The fourth-order valence-corrected chi connectivity index (χ4v) is 3.56. The number of hydrogen-bond acceptors (Lipinski definition) is 3. The van der Waals surface area contributed by atoms with Gasteiger partial charge < -0.3 is 4.90 Å². The average Bonchev–Trinajstić information content (AvgIpc) is 2.44. The van der Waals surface area contributed by atoms with E-state index in [-0.39, 0.29) is 0 Å². The van der Waals surface area contributed by atoms with E-state index in [0.29, 0.717) is 0 Å². The Kier molecular flexibility index (Phi) is 4.14. The molecule has 82 valence electrons. The summed E-state index contributed by atoms with van der Waals surface area (Å²) in [5, 5.41) is 0. The topological polar surface area (TPSA) is 6.48 Å². The summed E-state index contributed by atoms with van der Waals surface area (Å²) in [5.41, 5.74) is 0. The zero-order chi connectivity index (χ0) is 9.80. The molecule has 0 aliphatic carbocycles. The van der Waals surface area contributed by atoms with Crippen molar-refractivity contribution in [3.63, 3.8) is 0 Å². The molecule has 0 unspecified atom stereocenters. The molecule has 0 spiro atoms. The Morgan fingerprint density at radius 1 is 1.00 bits per heavy atom. The highest BCUT2D eigenvalue weighted by Crippen LogP contribution is 2.22. The molecular weight excluding hydrogens is 192 g/mol. The molecule has 2 fully saturated rings. The minimum absolute atomic E-state index is 0.905. The van der Waals surface area contributed by atoms with Crippen LogP contribution in [0.2, 0.25) is 0 Å². The second kappa shape index (κ2) is 5.38. The molecular formula is C11H22N2S. The van der Waals surface area contributed by atoms with Crippen molar-refractivity contribution in [2.45, 2.75) is 25.3 Å². The molecule has 2 aliphatic rings. The van der Waals surface area contributed by atoms with E-state index in [1.165, 1.54) is 56.9 Å². The smallest absolute Gasteiger partial charge is 0.0112 e. The van der Waals surface area contributed by atoms with Gasteiger partial charge in [-0.05, 0) is 50.9 Å². The molecule has 0 radical (unpaired) electrons. The largest absolute Gasteiger partial charge is 0.305 e. The van der Waals surface area contributed by atoms with Gasteiger partial charge in [0.2, 0.25) is 0 Å². The van der Waals surface area contributed by atoms with Crippen LogP contribution in [0.1, 0.15) is 19.3 Å². The van der Waals surface area contributed by atoms with Crippen LogP contribution in [-0.4, -0.2) is 60.6 Å². The maximum Gasteiger partial charge on any atom is 0.0112 e. The van der Waals surface area contributed by atoms with Crippen molar-refractivity contribution in [2.75, 3.05) is 44.7 Å². The molecule has 0 aromatic carbocycles. The molecule has 2 saturated heterocycles. The Balaban J connectivity index is 1.83. The van der Waals surface area contributed by atoms with Gasteiger partial charge in [-0.1, -0.05) is 0 Å². The first-order valence-electron chi connectivity index (χ1n) is 5.86. The van der Waals surface area contributed by atoms with Crippen molar-refractivity contribution in [1.29, 1.82) is 0 Å². The molecule has 2 nitrogen and oxygen atoms in total. The zero-order valence-corrected chi connectivity index (χ0v) is 10.1. The van der Waals surface area contributed by atoms with E-state index >= 15 is 0 Å². The van der Waals surface area contributed by atoms with Gasteiger partial charge in [0, 0.05) is 19.1 Å². The van der Waals surface area contributed by atoms with E-state index in [2.05, 4.69) is 28.6 Å². The first kappa shape index (κ1) is 10.8. The van der Waals surface area contributed by atoms with Crippen molar-refractivity contribution >= 4 is 11.8 Å². The van der Waals surface area contributed by atoms with Crippen LogP contribution in [0.5, 0.6) is 0 Å². The van der Waals surface area contributed by atoms with E-state index in [1.54, 1.807) is 0 Å². The SMILES string of the molecule is CN1CCCN(C2CCSCC2)CC1. The summed E-state index contributed by atoms with van der Waals surface area (Å²) in [6.45, 7) is 5.19. The minimum atomic E-state index is 0.905. The van der Waals surface area contributed by atoms with Crippen LogP contribution in [-0.2, 0) is 0 Å². The van der Waals surface area contributed by atoms with E-state index in [1.807, 2.05) is 0 Å². The van der Waals surface area contributed by atoms with Crippen molar-refractivity contribution in [2.24, 2.45) is 0 Å². The summed E-state index contributed by atoms with van der Waals surface area (Å²) in [5.74, 6) is 2.77. The Morgan fingerprint density at radius 3 is 2.57 bits per heavy atom. The van der Waals surface area contributed by atoms with Gasteiger partial charge in [-0.25, -0.2) is 0 Å². The third-order valence-electron chi connectivity index (χ3n) is 3.46. The van der Waals surface area contributed by atoms with E-state index in [4.69, 9.17) is 0 Å². The van der Waals surface area contributed by atoms with Crippen molar-refractivity contribution < 1.29 is 0 Å². The summed E-state index contributed by atoms with van der Waals surface area (Å²) < 4.78 is 0. The highest BCUT2D eigenvalue weighted by Gasteiger charge is 2.22. The predicted octanol–water partition coefficient (Wildman–Crippen LogP) is 1.52. The lowest BCUT2D eigenvalue weighted by Crippen LogP contribution is -2.40. The molecule has 0 atom stereocenters. The number of thioether (sulfide) groups is 1. The normalized spacial score (nSPS) is 28.9. The predicted molar refractivity (Wildman–Crippen MR) is 64.0 cm³/mol. The van der Waals surface area contributed by atoms with Crippen LogP contribution < -0.4 is 0 Å². The van der Waals surface area contributed by atoms with Crippen LogP contribution in [0.4, 0.5) is 0 Å². The van der Waals surface area contributed by atoms with Crippen molar-refractivity contribution in [1.82, 2.24) is 9.80 Å². The van der Waals surface area contributed by atoms with Gasteiger partial charge >= 0.3 is 0 Å². The number of nitrogens with zero attached hydrogens (tertiary/aromatic N) is 2. The third-order valence-corrected chi connectivity index (χ3v) is 4.51. The first-order chi connectivity index (χ1) is 6.86. The van der Waals surface area contributed by atoms with Gasteiger partial charge in [-0.2, -0.15) is 11.8 Å². The van der Waals surface area contributed by atoms with Crippen LogP contribution in [0, 0.1) is 0 Å². The molecule has 0 saturated carbocycles. The highest BCUT2D eigenvalue weighted by molar-refractivity contribution is 7.99. The Labute approximate surface area is 92.0 Å². The molecule has 2 heterocycles. The van der Waals surface area contributed by atoms with Crippen molar-refractivity contribution in [3.8, 4) is 0 Å². The molecule has 14 heavy (non-hydrogen) atoms. The molecule has 0 amide bonds. The Morgan fingerprint density at radius 2 is 1.79 bits per heavy atom. The maximum absolute atomic E-state index is 2.74. The fourth-order valence-electron chi connectivity index (χ4n) is 2.48. The van der Waals surface area contributed by atoms with Crippen molar-refractivity contribution in [3.05, 3.63) is 0 Å². The number of rotatable bonds is 1. The third kappa shape index (κ3) is 2.88. The van der Waals surface area contributed by atoms with Gasteiger partial charge in [0.15, 0.2) is 0 Å². The zero-order valence-electron chi connectivity index (χ0n) is 9.24. The number of likely N-dealkylation sites (N-methyl/N-ethyl adjacent to an activating group) is 1. The van der Waals surface area contributed by atoms with Crippen LogP contribution in [0.15, 0.2) is 0 Å². The fraction of sp³-hybridized carbons (Fsp3) is 1.00. The summed E-state index contributed by atoms with van der Waals surface area (Å²) in [4.78, 5) is 5.21. The second-order valence-corrected chi connectivity index (χ2v) is 5.76. The molecule has 2 aliphatic heterocycles. The van der Waals surface area contributed by atoms with Gasteiger partial charge in [-0.15, -0.1) is 0 Å². The lowest BCUT2D eigenvalue weighted by atomic mass is 10.1. The number of hydrogen-bond donors (Lipinski definition) is 0. The molecule has 0 aromatic heterocycles.